The number of nitrogens with zero attached hydrogens (tertiary/aromatic N) is 3. The van der Waals surface area contributed by atoms with Gasteiger partial charge < -0.3 is 10.6 Å². The predicted molar refractivity (Wildman–Crippen MR) is 67.5 cm³/mol. The molecule has 2 fully saturated rings. The zero-order valence-electron chi connectivity index (χ0n) is 10.5. The SMILES string of the molecule is CC(C)N=C(N)N1CCCN2CCCC2C1. The molecule has 0 aromatic carbocycles. The summed E-state index contributed by atoms with van der Waals surface area (Å²) in [5.41, 5.74) is 6.06. The van der Waals surface area contributed by atoms with Gasteiger partial charge in [-0.1, -0.05) is 0 Å². The molecule has 4 heteroatoms. The van der Waals surface area contributed by atoms with E-state index in [0.29, 0.717) is 12.1 Å². The van der Waals surface area contributed by atoms with Gasteiger partial charge in [0.25, 0.3) is 0 Å². The molecule has 2 saturated heterocycles. The van der Waals surface area contributed by atoms with Crippen LogP contribution in [-0.4, -0.2) is 54.0 Å². The molecule has 0 aromatic rings. The van der Waals surface area contributed by atoms with Crippen molar-refractivity contribution in [1.29, 1.82) is 0 Å². The van der Waals surface area contributed by atoms with E-state index in [0.717, 1.165) is 19.0 Å². The highest BCUT2D eigenvalue weighted by molar-refractivity contribution is 5.78. The Morgan fingerprint density at radius 2 is 2.00 bits per heavy atom. The summed E-state index contributed by atoms with van der Waals surface area (Å²) in [5, 5.41) is 0. The van der Waals surface area contributed by atoms with Gasteiger partial charge in [0.2, 0.25) is 0 Å². The Morgan fingerprint density at radius 3 is 2.75 bits per heavy atom. The van der Waals surface area contributed by atoms with Crippen LogP contribution in [0.25, 0.3) is 0 Å². The first-order valence-corrected chi connectivity index (χ1v) is 6.49. The van der Waals surface area contributed by atoms with E-state index in [-0.39, 0.29) is 0 Å². The summed E-state index contributed by atoms with van der Waals surface area (Å²) in [7, 11) is 0. The van der Waals surface area contributed by atoms with E-state index in [1.165, 1.54) is 32.4 Å². The lowest BCUT2D eigenvalue weighted by atomic mass is 10.2. The number of aliphatic imine (C=N–C) groups is 1. The number of rotatable bonds is 1. The molecule has 0 amide bonds. The summed E-state index contributed by atoms with van der Waals surface area (Å²) in [6.07, 6.45) is 3.88. The van der Waals surface area contributed by atoms with Gasteiger partial charge in [-0.05, 0) is 39.7 Å². The van der Waals surface area contributed by atoms with Gasteiger partial charge >= 0.3 is 0 Å². The molecule has 1 unspecified atom stereocenters. The molecule has 16 heavy (non-hydrogen) atoms. The molecule has 0 spiro atoms. The highest BCUT2D eigenvalue weighted by Gasteiger charge is 2.29. The Bertz CT molecular complexity index is 262. The average Bonchev–Trinajstić information content (AvgIpc) is 2.54. The van der Waals surface area contributed by atoms with E-state index < -0.39 is 0 Å². The summed E-state index contributed by atoms with van der Waals surface area (Å²) in [6.45, 7) is 8.80. The number of guanidine groups is 1. The van der Waals surface area contributed by atoms with Crippen LogP contribution in [0.3, 0.4) is 0 Å². The second-order valence-corrected chi connectivity index (χ2v) is 5.21. The molecule has 2 aliphatic rings. The van der Waals surface area contributed by atoms with E-state index >= 15 is 0 Å². The van der Waals surface area contributed by atoms with E-state index in [1.807, 2.05) is 0 Å². The van der Waals surface area contributed by atoms with Gasteiger partial charge in [0.15, 0.2) is 5.96 Å². The summed E-state index contributed by atoms with van der Waals surface area (Å²) in [4.78, 5) is 9.35. The van der Waals surface area contributed by atoms with Crippen molar-refractivity contribution in [1.82, 2.24) is 9.80 Å². The van der Waals surface area contributed by atoms with Crippen LogP contribution in [0.4, 0.5) is 0 Å². The van der Waals surface area contributed by atoms with Gasteiger partial charge in [-0.15, -0.1) is 0 Å². The zero-order valence-corrected chi connectivity index (χ0v) is 10.5. The Kier molecular flexibility index (Phi) is 3.69. The van der Waals surface area contributed by atoms with E-state index in [2.05, 4.69) is 28.6 Å². The molecule has 1 atom stereocenters. The first-order valence-electron chi connectivity index (χ1n) is 6.49. The fourth-order valence-electron chi connectivity index (χ4n) is 2.76. The topological polar surface area (TPSA) is 44.9 Å². The normalized spacial score (nSPS) is 28.3. The fourth-order valence-corrected chi connectivity index (χ4v) is 2.76. The molecule has 2 rings (SSSR count). The summed E-state index contributed by atoms with van der Waals surface area (Å²) >= 11 is 0. The standard InChI is InChI=1S/C12H24N4/c1-10(2)14-12(13)16-8-4-7-15-6-3-5-11(15)9-16/h10-11H,3-9H2,1-2H3,(H2,13,14). The maximum atomic E-state index is 6.06. The van der Waals surface area contributed by atoms with Crippen LogP contribution in [0, 0.1) is 0 Å². The minimum Gasteiger partial charge on any atom is -0.370 e. The molecule has 0 aromatic heterocycles. The number of fused-ring (bicyclic) bond motifs is 1. The highest BCUT2D eigenvalue weighted by atomic mass is 15.3. The van der Waals surface area contributed by atoms with Gasteiger partial charge in [0.1, 0.15) is 0 Å². The number of nitrogens with two attached hydrogens (primary N) is 1. The highest BCUT2D eigenvalue weighted by Crippen LogP contribution is 2.21. The van der Waals surface area contributed by atoms with Gasteiger partial charge in [-0.25, -0.2) is 0 Å². The van der Waals surface area contributed by atoms with Crippen LogP contribution in [-0.2, 0) is 0 Å². The number of hydrogen-bond donors (Lipinski definition) is 1. The van der Waals surface area contributed by atoms with E-state index in [4.69, 9.17) is 5.73 Å². The lowest BCUT2D eigenvalue weighted by Gasteiger charge is -2.26. The van der Waals surface area contributed by atoms with Crippen LogP contribution >= 0.6 is 0 Å². The van der Waals surface area contributed by atoms with Crippen molar-refractivity contribution >= 4 is 5.96 Å². The van der Waals surface area contributed by atoms with Gasteiger partial charge in [0.05, 0.1) is 0 Å². The summed E-state index contributed by atoms with van der Waals surface area (Å²) in [6, 6.07) is 1.01. The third-order valence-electron chi connectivity index (χ3n) is 3.52. The molecule has 4 nitrogen and oxygen atoms in total. The van der Waals surface area contributed by atoms with Crippen molar-refractivity contribution < 1.29 is 0 Å². The Labute approximate surface area is 98.5 Å². The maximum Gasteiger partial charge on any atom is 0.191 e. The zero-order chi connectivity index (χ0) is 11.5. The van der Waals surface area contributed by atoms with Crippen LogP contribution in [0.2, 0.25) is 0 Å². The van der Waals surface area contributed by atoms with Crippen LogP contribution in [0.5, 0.6) is 0 Å². The molecule has 2 aliphatic heterocycles. The third-order valence-corrected chi connectivity index (χ3v) is 3.52. The smallest absolute Gasteiger partial charge is 0.191 e. The summed E-state index contributed by atoms with van der Waals surface area (Å²) < 4.78 is 0. The molecule has 2 N–H and O–H groups in total. The van der Waals surface area contributed by atoms with Crippen molar-refractivity contribution in [3.8, 4) is 0 Å². The quantitative estimate of drug-likeness (QED) is 0.531. The first-order chi connectivity index (χ1) is 7.66. The van der Waals surface area contributed by atoms with Gasteiger partial charge in [-0.3, -0.25) is 9.89 Å². The maximum absolute atomic E-state index is 6.06. The van der Waals surface area contributed by atoms with Gasteiger partial charge in [-0.2, -0.15) is 0 Å². The largest absolute Gasteiger partial charge is 0.370 e. The average molecular weight is 224 g/mol. The molecule has 0 aliphatic carbocycles. The molecule has 0 saturated carbocycles. The summed E-state index contributed by atoms with van der Waals surface area (Å²) in [5.74, 6) is 0.740. The number of hydrogen-bond acceptors (Lipinski definition) is 2. The molecule has 0 bridgehead atoms. The predicted octanol–water partition coefficient (Wildman–Crippen LogP) is 0.880. The van der Waals surface area contributed by atoms with Crippen molar-refractivity contribution in [3.63, 3.8) is 0 Å². The lowest BCUT2D eigenvalue weighted by Crippen LogP contribution is -2.43. The van der Waals surface area contributed by atoms with Crippen LogP contribution < -0.4 is 5.73 Å². The molecule has 2 heterocycles. The molecular weight excluding hydrogens is 200 g/mol. The molecule has 92 valence electrons. The van der Waals surface area contributed by atoms with E-state index in [1.54, 1.807) is 0 Å². The monoisotopic (exact) mass is 224 g/mol. The van der Waals surface area contributed by atoms with Crippen molar-refractivity contribution in [2.45, 2.75) is 45.2 Å². The first kappa shape index (κ1) is 11.7. The molecular formula is C12H24N4. The second kappa shape index (κ2) is 5.04. The fraction of sp³-hybridized carbons (Fsp3) is 0.917. The van der Waals surface area contributed by atoms with Crippen LogP contribution in [0.1, 0.15) is 33.1 Å². The second-order valence-electron chi connectivity index (χ2n) is 5.21. The van der Waals surface area contributed by atoms with E-state index in [9.17, 15) is 0 Å². The Balaban J connectivity index is 2.00. The molecule has 0 radical (unpaired) electrons. The van der Waals surface area contributed by atoms with Crippen molar-refractivity contribution in [2.75, 3.05) is 26.2 Å². The third kappa shape index (κ3) is 2.67. The minimum atomic E-state index is 0.294. The Hall–Kier alpha value is -0.770. The van der Waals surface area contributed by atoms with Crippen molar-refractivity contribution in [2.24, 2.45) is 10.7 Å². The van der Waals surface area contributed by atoms with Crippen molar-refractivity contribution in [3.05, 3.63) is 0 Å². The van der Waals surface area contributed by atoms with Gasteiger partial charge in [0, 0.05) is 31.7 Å². The Morgan fingerprint density at radius 1 is 1.25 bits per heavy atom. The lowest BCUT2D eigenvalue weighted by molar-refractivity contribution is 0.255. The minimum absolute atomic E-state index is 0.294. The van der Waals surface area contributed by atoms with Crippen LogP contribution in [0.15, 0.2) is 4.99 Å².